The van der Waals surface area contributed by atoms with E-state index in [0.29, 0.717) is 11.3 Å². The summed E-state index contributed by atoms with van der Waals surface area (Å²) in [6, 6.07) is 18.0. The highest BCUT2D eigenvalue weighted by Gasteiger charge is 2.23. The molecule has 0 aliphatic carbocycles. The van der Waals surface area contributed by atoms with Gasteiger partial charge in [0.05, 0.1) is 0 Å². The van der Waals surface area contributed by atoms with Gasteiger partial charge in [0.15, 0.2) is 0 Å². The maximum atomic E-state index is 13.0. The summed E-state index contributed by atoms with van der Waals surface area (Å²) >= 11 is 0. The highest BCUT2D eigenvalue weighted by molar-refractivity contribution is 6.09. The van der Waals surface area contributed by atoms with Crippen molar-refractivity contribution in [3.05, 3.63) is 96.0 Å². The van der Waals surface area contributed by atoms with Gasteiger partial charge in [0.1, 0.15) is 11.5 Å². The lowest BCUT2D eigenvalue weighted by molar-refractivity contribution is 0.103. The average Bonchev–Trinajstić information content (AvgIpc) is 2.79. The molecule has 1 aliphatic rings. The van der Waals surface area contributed by atoms with Crippen LogP contribution in [0.2, 0.25) is 0 Å². The molecule has 3 aromatic rings. The minimum Gasteiger partial charge on any atom is -0.353 e. The molecule has 1 N–H and O–H groups in total. The van der Waals surface area contributed by atoms with E-state index < -0.39 is 0 Å². The third-order valence-corrected chi connectivity index (χ3v) is 4.97. The highest BCUT2D eigenvalue weighted by Crippen LogP contribution is 2.23. The quantitative estimate of drug-likeness (QED) is 0.697. The largest absolute Gasteiger partial charge is 0.353 e. The lowest BCUT2D eigenvalue weighted by Crippen LogP contribution is -2.46. The molecule has 1 fully saturated rings. The van der Waals surface area contributed by atoms with Crippen LogP contribution in [-0.2, 0) is 0 Å². The number of anilines is 1. The van der Waals surface area contributed by atoms with Crippen molar-refractivity contribution in [3.63, 3.8) is 0 Å². The number of nitrogens with zero attached hydrogens (tertiary/aromatic N) is 3. The van der Waals surface area contributed by atoms with Crippen LogP contribution < -0.4 is 10.2 Å². The lowest BCUT2D eigenvalue weighted by atomic mass is 10.0. The van der Waals surface area contributed by atoms with Gasteiger partial charge in [0.25, 0.3) is 0 Å². The van der Waals surface area contributed by atoms with Crippen molar-refractivity contribution in [1.29, 1.82) is 0 Å². The van der Waals surface area contributed by atoms with Crippen LogP contribution >= 0.6 is 0 Å². The molecular formula is C23H22N4O. The van der Waals surface area contributed by atoms with Crippen LogP contribution in [0.5, 0.6) is 0 Å². The summed E-state index contributed by atoms with van der Waals surface area (Å²) in [5.41, 5.74) is 2.92. The maximum absolute atomic E-state index is 13.0. The van der Waals surface area contributed by atoms with Crippen molar-refractivity contribution in [3.8, 4) is 0 Å². The molecule has 4 rings (SSSR count). The molecule has 0 bridgehead atoms. The molecule has 5 nitrogen and oxygen atoms in total. The van der Waals surface area contributed by atoms with E-state index in [1.54, 1.807) is 30.6 Å². The molecule has 3 heterocycles. The van der Waals surface area contributed by atoms with Gasteiger partial charge in [-0.2, -0.15) is 0 Å². The third kappa shape index (κ3) is 3.70. The Hall–Kier alpha value is -3.31. The summed E-state index contributed by atoms with van der Waals surface area (Å²) in [5, 5.41) is 3.56. The smallest absolute Gasteiger partial charge is 0.213 e. The topological polar surface area (TPSA) is 58.1 Å². The number of ketones is 1. The first-order chi connectivity index (χ1) is 13.8. The SMILES string of the molecule is C=Cc1ccc(N2CCNC(c3ccccc3)C2)nc1C(=O)c1cccnc1. The van der Waals surface area contributed by atoms with E-state index in [0.717, 1.165) is 31.0 Å². The summed E-state index contributed by atoms with van der Waals surface area (Å²) in [6.45, 7) is 6.32. The minimum absolute atomic E-state index is 0.139. The van der Waals surface area contributed by atoms with Crippen LogP contribution in [0.3, 0.4) is 0 Å². The molecule has 0 amide bonds. The minimum atomic E-state index is -0.139. The maximum Gasteiger partial charge on any atom is 0.213 e. The van der Waals surface area contributed by atoms with Crippen molar-refractivity contribution >= 4 is 17.7 Å². The Morgan fingerprint density at radius 1 is 1.14 bits per heavy atom. The van der Waals surface area contributed by atoms with Crippen molar-refractivity contribution in [2.45, 2.75) is 6.04 Å². The zero-order valence-electron chi connectivity index (χ0n) is 15.6. The summed E-state index contributed by atoms with van der Waals surface area (Å²) in [7, 11) is 0. The molecule has 140 valence electrons. The number of piperazine rings is 1. The summed E-state index contributed by atoms with van der Waals surface area (Å²) in [4.78, 5) is 24.0. The van der Waals surface area contributed by atoms with E-state index in [4.69, 9.17) is 4.98 Å². The number of benzene rings is 1. The molecule has 5 heteroatoms. The Kier molecular flexibility index (Phi) is 5.26. The molecule has 0 spiro atoms. The van der Waals surface area contributed by atoms with Gasteiger partial charge >= 0.3 is 0 Å². The van der Waals surface area contributed by atoms with E-state index in [9.17, 15) is 4.79 Å². The van der Waals surface area contributed by atoms with Gasteiger partial charge in [0.2, 0.25) is 5.78 Å². The van der Waals surface area contributed by atoms with Gasteiger partial charge < -0.3 is 10.2 Å². The zero-order valence-corrected chi connectivity index (χ0v) is 15.6. The van der Waals surface area contributed by atoms with E-state index >= 15 is 0 Å². The third-order valence-electron chi connectivity index (χ3n) is 4.97. The van der Waals surface area contributed by atoms with Crippen LogP contribution in [0.1, 0.15) is 33.2 Å². The monoisotopic (exact) mass is 370 g/mol. The van der Waals surface area contributed by atoms with Gasteiger partial charge in [-0.3, -0.25) is 9.78 Å². The van der Waals surface area contributed by atoms with Crippen molar-refractivity contribution < 1.29 is 4.79 Å². The number of aromatic nitrogens is 2. The van der Waals surface area contributed by atoms with Crippen LogP contribution in [0.15, 0.2) is 73.6 Å². The number of carbonyl (C=O) groups excluding carboxylic acids is 1. The molecule has 1 saturated heterocycles. The number of hydrogen-bond donors (Lipinski definition) is 1. The fourth-order valence-electron chi connectivity index (χ4n) is 3.48. The van der Waals surface area contributed by atoms with Crippen molar-refractivity contribution in [2.75, 3.05) is 24.5 Å². The summed E-state index contributed by atoms with van der Waals surface area (Å²) < 4.78 is 0. The molecule has 1 atom stereocenters. The lowest BCUT2D eigenvalue weighted by Gasteiger charge is -2.35. The molecule has 0 radical (unpaired) electrons. The fraction of sp³-hybridized carbons (Fsp3) is 0.174. The van der Waals surface area contributed by atoms with E-state index in [2.05, 4.69) is 46.0 Å². The molecule has 28 heavy (non-hydrogen) atoms. The second kappa shape index (κ2) is 8.15. The zero-order chi connectivity index (χ0) is 19.3. The Bertz CT molecular complexity index is 972. The molecular weight excluding hydrogens is 348 g/mol. The number of rotatable bonds is 5. The predicted molar refractivity (Wildman–Crippen MR) is 111 cm³/mol. The molecule has 2 aromatic heterocycles. The molecule has 1 aliphatic heterocycles. The normalized spacial score (nSPS) is 16.6. The predicted octanol–water partition coefficient (Wildman–Crippen LogP) is 3.50. The van der Waals surface area contributed by atoms with Gasteiger partial charge in [-0.15, -0.1) is 0 Å². The van der Waals surface area contributed by atoms with Crippen LogP contribution in [0, 0.1) is 0 Å². The standard InChI is InChI=1S/C23H22N4O/c1-2-17-10-11-21(26-22(17)23(28)19-9-6-12-24-15-19)27-14-13-25-20(16-27)18-7-4-3-5-8-18/h2-12,15,20,25H,1,13-14,16H2. The second-order valence-electron chi connectivity index (χ2n) is 6.75. The first-order valence-electron chi connectivity index (χ1n) is 9.38. The van der Waals surface area contributed by atoms with E-state index in [-0.39, 0.29) is 11.8 Å². The fourth-order valence-corrected chi connectivity index (χ4v) is 3.48. The van der Waals surface area contributed by atoms with Gasteiger partial charge in [-0.05, 0) is 29.8 Å². The molecule has 1 aromatic carbocycles. The van der Waals surface area contributed by atoms with Crippen molar-refractivity contribution in [2.24, 2.45) is 0 Å². The number of carbonyl (C=O) groups is 1. The van der Waals surface area contributed by atoms with Crippen molar-refractivity contribution in [1.82, 2.24) is 15.3 Å². The van der Waals surface area contributed by atoms with Crippen LogP contribution in [0.4, 0.5) is 5.82 Å². The Morgan fingerprint density at radius 3 is 2.75 bits per heavy atom. The Balaban J connectivity index is 1.63. The van der Waals surface area contributed by atoms with Crippen LogP contribution in [-0.4, -0.2) is 35.4 Å². The number of nitrogens with one attached hydrogen (secondary N) is 1. The summed E-state index contributed by atoms with van der Waals surface area (Å²) in [6.07, 6.45) is 4.89. The number of hydrogen-bond acceptors (Lipinski definition) is 5. The molecule has 1 unspecified atom stereocenters. The summed E-state index contributed by atoms with van der Waals surface area (Å²) in [5.74, 6) is 0.667. The first kappa shape index (κ1) is 18.1. The van der Waals surface area contributed by atoms with Gasteiger partial charge in [0, 0.05) is 49.2 Å². The Morgan fingerprint density at radius 2 is 2.00 bits per heavy atom. The van der Waals surface area contributed by atoms with Gasteiger partial charge in [-0.1, -0.05) is 43.0 Å². The van der Waals surface area contributed by atoms with E-state index in [1.165, 1.54) is 5.56 Å². The highest BCUT2D eigenvalue weighted by atomic mass is 16.1. The second-order valence-corrected chi connectivity index (χ2v) is 6.75. The molecule has 0 saturated carbocycles. The van der Waals surface area contributed by atoms with Crippen LogP contribution in [0.25, 0.3) is 6.08 Å². The van der Waals surface area contributed by atoms with Gasteiger partial charge in [-0.25, -0.2) is 4.98 Å². The first-order valence-corrected chi connectivity index (χ1v) is 9.38. The average molecular weight is 370 g/mol. The number of pyridine rings is 2. The van der Waals surface area contributed by atoms with E-state index in [1.807, 2.05) is 18.2 Å². The Labute approximate surface area is 164 Å².